The first-order chi connectivity index (χ1) is 14.9. The van der Waals surface area contributed by atoms with Gasteiger partial charge in [-0.05, 0) is 60.5 Å². The van der Waals surface area contributed by atoms with E-state index in [4.69, 9.17) is 11.6 Å². The maximum atomic E-state index is 14.7. The van der Waals surface area contributed by atoms with Crippen molar-refractivity contribution in [2.75, 3.05) is 0 Å². The zero-order valence-corrected chi connectivity index (χ0v) is 17.3. The molecule has 0 spiro atoms. The highest BCUT2D eigenvalue weighted by molar-refractivity contribution is 6.30. The van der Waals surface area contributed by atoms with Crippen LogP contribution in [0.15, 0.2) is 73.1 Å². The molecule has 1 N–H and O–H groups in total. The molecule has 156 valence electrons. The van der Waals surface area contributed by atoms with Crippen LogP contribution in [0.25, 0.3) is 16.9 Å². The predicted molar refractivity (Wildman–Crippen MR) is 116 cm³/mol. The molecule has 0 aliphatic rings. The lowest BCUT2D eigenvalue weighted by Gasteiger charge is -2.13. The number of nitrogens with one attached hydrogen (secondary N) is 1. The molecular formula is C24H18ClF2N3O. The fourth-order valence-corrected chi connectivity index (χ4v) is 3.55. The largest absolute Gasteiger partial charge is 0.348 e. The minimum Gasteiger partial charge on any atom is -0.348 e. The lowest BCUT2D eigenvalue weighted by atomic mass is 10.1. The first kappa shape index (κ1) is 20.8. The fourth-order valence-electron chi connectivity index (χ4n) is 3.42. The number of amides is 1. The first-order valence-electron chi connectivity index (χ1n) is 9.55. The van der Waals surface area contributed by atoms with Crippen LogP contribution in [0.4, 0.5) is 8.78 Å². The van der Waals surface area contributed by atoms with Crippen LogP contribution < -0.4 is 5.32 Å². The Balaban J connectivity index is 1.78. The summed E-state index contributed by atoms with van der Waals surface area (Å²) in [5, 5.41) is 3.43. The average molecular weight is 438 g/mol. The van der Waals surface area contributed by atoms with E-state index in [-0.39, 0.29) is 11.6 Å². The summed E-state index contributed by atoms with van der Waals surface area (Å²) in [6.45, 7) is 2.05. The smallest absolute Gasteiger partial charge is 0.253 e. The molecule has 0 atom stereocenters. The van der Waals surface area contributed by atoms with E-state index in [2.05, 4.69) is 10.3 Å². The van der Waals surface area contributed by atoms with Gasteiger partial charge in [-0.1, -0.05) is 23.7 Å². The average Bonchev–Trinajstić information content (AvgIpc) is 3.10. The maximum Gasteiger partial charge on any atom is 0.253 e. The van der Waals surface area contributed by atoms with Gasteiger partial charge in [0.15, 0.2) is 0 Å². The second-order valence-corrected chi connectivity index (χ2v) is 7.44. The van der Waals surface area contributed by atoms with Gasteiger partial charge in [0, 0.05) is 35.7 Å². The van der Waals surface area contributed by atoms with Gasteiger partial charge in [0.25, 0.3) is 5.91 Å². The topological polar surface area (TPSA) is 46.9 Å². The lowest BCUT2D eigenvalue weighted by Crippen LogP contribution is -2.23. The van der Waals surface area contributed by atoms with E-state index in [1.165, 1.54) is 12.1 Å². The van der Waals surface area contributed by atoms with Crippen molar-refractivity contribution in [3.63, 3.8) is 0 Å². The van der Waals surface area contributed by atoms with Gasteiger partial charge in [0.2, 0.25) is 0 Å². The van der Waals surface area contributed by atoms with Gasteiger partial charge in [-0.2, -0.15) is 0 Å². The number of hydrogen-bond acceptors (Lipinski definition) is 2. The third-order valence-corrected chi connectivity index (χ3v) is 5.24. The number of halogens is 3. The molecular weight excluding hydrogens is 420 g/mol. The fraction of sp³-hybridized carbons (Fsp3) is 0.0833. The van der Waals surface area contributed by atoms with Crippen molar-refractivity contribution in [3.8, 4) is 16.9 Å². The van der Waals surface area contributed by atoms with Crippen molar-refractivity contribution in [1.29, 1.82) is 0 Å². The van der Waals surface area contributed by atoms with Crippen molar-refractivity contribution in [1.82, 2.24) is 14.9 Å². The van der Waals surface area contributed by atoms with Crippen LogP contribution in [0.3, 0.4) is 0 Å². The van der Waals surface area contributed by atoms with Crippen molar-refractivity contribution < 1.29 is 13.6 Å². The monoisotopic (exact) mass is 437 g/mol. The van der Waals surface area contributed by atoms with E-state index in [0.717, 1.165) is 17.2 Å². The molecule has 0 unspecified atom stereocenters. The highest BCUT2D eigenvalue weighted by Crippen LogP contribution is 2.31. The van der Waals surface area contributed by atoms with Crippen LogP contribution >= 0.6 is 11.6 Å². The SMILES string of the molecule is Cc1c(C(=O)NCc2ccncc2)cc(-c2ccc(Cl)cc2)n1-c1ccc(F)cc1F. The number of nitrogens with zero attached hydrogens (tertiary/aromatic N) is 2. The number of benzene rings is 2. The molecule has 2 heterocycles. The molecule has 1 amide bonds. The van der Waals surface area contributed by atoms with Gasteiger partial charge < -0.3 is 9.88 Å². The molecule has 0 aliphatic heterocycles. The summed E-state index contributed by atoms with van der Waals surface area (Å²) in [5.41, 5.74) is 3.31. The van der Waals surface area contributed by atoms with E-state index in [0.29, 0.717) is 28.5 Å². The molecule has 0 fully saturated rings. The number of pyridine rings is 1. The van der Waals surface area contributed by atoms with Crippen molar-refractivity contribution in [2.45, 2.75) is 13.5 Å². The Hall–Kier alpha value is -3.51. The number of rotatable bonds is 5. The van der Waals surface area contributed by atoms with Crippen LogP contribution in [0.2, 0.25) is 5.02 Å². The third-order valence-electron chi connectivity index (χ3n) is 4.98. The summed E-state index contributed by atoms with van der Waals surface area (Å²) in [6, 6.07) is 15.7. The minimum absolute atomic E-state index is 0.150. The van der Waals surface area contributed by atoms with E-state index < -0.39 is 11.6 Å². The Morgan fingerprint density at radius 1 is 1.03 bits per heavy atom. The maximum absolute atomic E-state index is 14.7. The Bertz CT molecular complexity index is 1240. The zero-order valence-electron chi connectivity index (χ0n) is 16.6. The summed E-state index contributed by atoms with van der Waals surface area (Å²) >= 11 is 6.01. The van der Waals surface area contributed by atoms with Gasteiger partial charge in [-0.25, -0.2) is 8.78 Å². The normalized spacial score (nSPS) is 10.8. The Labute approximate surface area is 183 Å². The quantitative estimate of drug-likeness (QED) is 0.434. The number of carbonyl (C=O) groups excluding carboxylic acids is 1. The Morgan fingerprint density at radius 3 is 2.42 bits per heavy atom. The van der Waals surface area contributed by atoms with Gasteiger partial charge in [0.05, 0.1) is 16.9 Å². The van der Waals surface area contributed by atoms with Crippen LogP contribution in [0.1, 0.15) is 21.6 Å². The molecule has 0 saturated carbocycles. The second-order valence-electron chi connectivity index (χ2n) is 7.00. The van der Waals surface area contributed by atoms with Gasteiger partial charge in [-0.3, -0.25) is 9.78 Å². The zero-order chi connectivity index (χ0) is 22.0. The molecule has 0 saturated heterocycles. The molecule has 4 rings (SSSR count). The molecule has 2 aromatic carbocycles. The lowest BCUT2D eigenvalue weighted by molar-refractivity contribution is 0.0950. The molecule has 31 heavy (non-hydrogen) atoms. The summed E-state index contributed by atoms with van der Waals surface area (Å²) in [5.74, 6) is -1.70. The van der Waals surface area contributed by atoms with Crippen molar-refractivity contribution >= 4 is 17.5 Å². The number of hydrogen-bond donors (Lipinski definition) is 1. The van der Waals surface area contributed by atoms with E-state index in [1.54, 1.807) is 54.2 Å². The van der Waals surface area contributed by atoms with Gasteiger partial charge >= 0.3 is 0 Å². The Morgan fingerprint density at radius 2 is 1.74 bits per heavy atom. The molecule has 7 heteroatoms. The standard InChI is InChI=1S/C24H18ClF2N3O/c1-15-20(24(31)29-14-16-8-10-28-11-9-16)13-23(17-2-4-18(25)5-3-17)30(15)22-7-6-19(26)12-21(22)27/h2-13H,14H2,1H3,(H,29,31). The summed E-state index contributed by atoms with van der Waals surface area (Å²) in [6.07, 6.45) is 3.30. The summed E-state index contributed by atoms with van der Waals surface area (Å²) in [4.78, 5) is 16.9. The van der Waals surface area contributed by atoms with Crippen LogP contribution in [-0.2, 0) is 6.54 Å². The predicted octanol–water partition coefficient (Wildman–Crippen LogP) is 5.71. The molecule has 0 radical (unpaired) electrons. The summed E-state index contributed by atoms with van der Waals surface area (Å²) < 4.78 is 29.8. The number of carbonyl (C=O) groups is 1. The Kier molecular flexibility index (Phi) is 5.82. The minimum atomic E-state index is -0.724. The highest BCUT2D eigenvalue weighted by Gasteiger charge is 2.21. The van der Waals surface area contributed by atoms with E-state index >= 15 is 0 Å². The third kappa shape index (κ3) is 4.34. The molecule has 0 bridgehead atoms. The number of aromatic nitrogens is 2. The van der Waals surface area contributed by atoms with Crippen LogP contribution in [-0.4, -0.2) is 15.5 Å². The van der Waals surface area contributed by atoms with Crippen molar-refractivity contribution in [2.24, 2.45) is 0 Å². The van der Waals surface area contributed by atoms with E-state index in [1.807, 2.05) is 12.1 Å². The van der Waals surface area contributed by atoms with Gasteiger partial charge in [-0.15, -0.1) is 0 Å². The van der Waals surface area contributed by atoms with Crippen LogP contribution in [0, 0.1) is 18.6 Å². The summed E-state index contributed by atoms with van der Waals surface area (Å²) in [7, 11) is 0. The van der Waals surface area contributed by atoms with Crippen LogP contribution in [0.5, 0.6) is 0 Å². The molecule has 0 aliphatic carbocycles. The van der Waals surface area contributed by atoms with Gasteiger partial charge in [0.1, 0.15) is 11.6 Å². The van der Waals surface area contributed by atoms with E-state index in [9.17, 15) is 13.6 Å². The first-order valence-corrected chi connectivity index (χ1v) is 9.92. The molecule has 2 aromatic heterocycles. The molecule has 4 nitrogen and oxygen atoms in total. The highest BCUT2D eigenvalue weighted by atomic mass is 35.5. The second kappa shape index (κ2) is 8.70. The molecule has 4 aromatic rings. The van der Waals surface area contributed by atoms with Crippen molar-refractivity contribution in [3.05, 3.63) is 107 Å².